The van der Waals surface area contributed by atoms with E-state index in [0.29, 0.717) is 6.47 Å². The maximum Gasteiger partial charge on any atom is 0.293 e. The van der Waals surface area contributed by atoms with Gasteiger partial charge in [0.25, 0.3) is 6.47 Å². The standard InChI is InChI=1S/C20H31NO3/c1-6-20(7-2)14-18(23-15-22)13-19(4,5)21(20)24-16(3)17-11-9-8-10-12-17/h8-12,15-16,18H,6-7,13-14H2,1-5H3. The van der Waals surface area contributed by atoms with Crippen LogP contribution in [0.2, 0.25) is 0 Å². The molecule has 1 fully saturated rings. The predicted molar refractivity (Wildman–Crippen MR) is 95.3 cm³/mol. The molecule has 134 valence electrons. The van der Waals surface area contributed by atoms with E-state index < -0.39 is 0 Å². The fraction of sp³-hybridized carbons (Fsp3) is 0.650. The van der Waals surface area contributed by atoms with Crippen molar-refractivity contribution in [3.05, 3.63) is 35.9 Å². The van der Waals surface area contributed by atoms with Crippen molar-refractivity contribution in [2.45, 2.75) is 83.6 Å². The second kappa shape index (κ2) is 7.66. The van der Waals surface area contributed by atoms with Gasteiger partial charge in [-0.05, 0) is 39.2 Å². The molecule has 4 nitrogen and oxygen atoms in total. The molecule has 1 aliphatic rings. The molecular formula is C20H31NO3. The zero-order chi connectivity index (χ0) is 17.8. The van der Waals surface area contributed by atoms with Gasteiger partial charge in [0, 0.05) is 23.9 Å². The topological polar surface area (TPSA) is 38.8 Å². The molecule has 0 N–H and O–H groups in total. The summed E-state index contributed by atoms with van der Waals surface area (Å²) < 4.78 is 5.35. The highest BCUT2D eigenvalue weighted by Gasteiger charge is 2.51. The summed E-state index contributed by atoms with van der Waals surface area (Å²) in [6, 6.07) is 10.3. The molecule has 0 spiro atoms. The van der Waals surface area contributed by atoms with E-state index in [1.54, 1.807) is 0 Å². The van der Waals surface area contributed by atoms with E-state index in [0.717, 1.165) is 25.7 Å². The van der Waals surface area contributed by atoms with Crippen LogP contribution in [-0.4, -0.2) is 28.7 Å². The number of carbonyl (C=O) groups is 1. The van der Waals surface area contributed by atoms with E-state index in [1.165, 1.54) is 5.56 Å². The Kier molecular flexibility index (Phi) is 6.05. The first-order valence-electron chi connectivity index (χ1n) is 8.99. The molecule has 1 aliphatic heterocycles. The van der Waals surface area contributed by atoms with E-state index >= 15 is 0 Å². The minimum Gasteiger partial charge on any atom is -0.464 e. The van der Waals surface area contributed by atoms with E-state index in [-0.39, 0.29) is 23.3 Å². The smallest absolute Gasteiger partial charge is 0.293 e. The number of hydroxylamine groups is 2. The van der Waals surface area contributed by atoms with Crippen molar-refractivity contribution in [3.63, 3.8) is 0 Å². The normalized spacial score (nSPS) is 24.3. The molecule has 1 aromatic rings. The quantitative estimate of drug-likeness (QED) is 0.681. The molecule has 4 heteroatoms. The minimum atomic E-state index is -0.207. The number of piperidine rings is 1. The summed E-state index contributed by atoms with van der Waals surface area (Å²) in [5, 5.41) is 2.20. The van der Waals surface area contributed by atoms with Crippen molar-refractivity contribution in [3.8, 4) is 0 Å². The van der Waals surface area contributed by atoms with Gasteiger partial charge in [-0.3, -0.25) is 9.63 Å². The fourth-order valence-electron chi connectivity index (χ4n) is 4.06. The van der Waals surface area contributed by atoms with Crippen molar-refractivity contribution in [1.29, 1.82) is 0 Å². The Balaban J connectivity index is 2.28. The molecule has 2 unspecified atom stereocenters. The molecule has 0 radical (unpaired) electrons. The van der Waals surface area contributed by atoms with Crippen molar-refractivity contribution in [1.82, 2.24) is 5.06 Å². The van der Waals surface area contributed by atoms with Crippen LogP contribution < -0.4 is 0 Å². The number of ether oxygens (including phenoxy) is 1. The van der Waals surface area contributed by atoms with Crippen molar-refractivity contribution in [2.24, 2.45) is 0 Å². The third-order valence-electron chi connectivity index (χ3n) is 5.41. The number of hydrogen-bond donors (Lipinski definition) is 0. The maximum atomic E-state index is 10.8. The Hall–Kier alpha value is -1.39. The number of nitrogens with zero attached hydrogens (tertiary/aromatic N) is 1. The van der Waals surface area contributed by atoms with Crippen LogP contribution in [0.4, 0.5) is 0 Å². The third-order valence-corrected chi connectivity index (χ3v) is 5.41. The summed E-state index contributed by atoms with van der Waals surface area (Å²) in [4.78, 5) is 17.4. The van der Waals surface area contributed by atoms with Gasteiger partial charge in [0.15, 0.2) is 0 Å². The maximum absolute atomic E-state index is 10.8. The van der Waals surface area contributed by atoms with Gasteiger partial charge in [0.1, 0.15) is 12.2 Å². The first-order valence-corrected chi connectivity index (χ1v) is 8.99. The fourth-order valence-corrected chi connectivity index (χ4v) is 4.06. The second-order valence-electron chi connectivity index (χ2n) is 7.46. The van der Waals surface area contributed by atoms with Crippen LogP contribution in [0.15, 0.2) is 30.3 Å². The van der Waals surface area contributed by atoms with Gasteiger partial charge in [-0.2, -0.15) is 5.06 Å². The predicted octanol–water partition coefficient (Wildman–Crippen LogP) is 4.65. The monoisotopic (exact) mass is 333 g/mol. The molecule has 0 aliphatic carbocycles. The highest BCUT2D eigenvalue weighted by atomic mass is 16.7. The molecular weight excluding hydrogens is 302 g/mol. The number of hydrogen-bond acceptors (Lipinski definition) is 4. The molecule has 24 heavy (non-hydrogen) atoms. The molecule has 2 rings (SSSR count). The van der Waals surface area contributed by atoms with Gasteiger partial charge in [0.05, 0.1) is 0 Å². The second-order valence-corrected chi connectivity index (χ2v) is 7.46. The van der Waals surface area contributed by atoms with Crippen molar-refractivity contribution >= 4 is 6.47 Å². The van der Waals surface area contributed by atoms with Crippen LogP contribution in [0.1, 0.15) is 72.0 Å². The molecule has 0 amide bonds. The lowest BCUT2D eigenvalue weighted by Crippen LogP contribution is -2.64. The van der Waals surface area contributed by atoms with Crippen LogP contribution in [0.25, 0.3) is 0 Å². The summed E-state index contributed by atoms with van der Waals surface area (Å²) in [7, 11) is 0. The largest absolute Gasteiger partial charge is 0.464 e. The molecule has 1 saturated heterocycles. The first kappa shape index (κ1) is 18.9. The Morgan fingerprint density at radius 3 is 2.38 bits per heavy atom. The zero-order valence-electron chi connectivity index (χ0n) is 15.6. The van der Waals surface area contributed by atoms with Gasteiger partial charge in [0.2, 0.25) is 0 Å². The number of carbonyl (C=O) groups excluding carboxylic acids is 1. The van der Waals surface area contributed by atoms with Crippen LogP contribution in [0.5, 0.6) is 0 Å². The SMILES string of the molecule is CCC1(CC)CC(OC=O)CC(C)(C)N1OC(C)c1ccccc1. The van der Waals surface area contributed by atoms with Gasteiger partial charge in [-0.25, -0.2) is 0 Å². The first-order chi connectivity index (χ1) is 11.4. The Morgan fingerprint density at radius 1 is 1.21 bits per heavy atom. The molecule has 1 heterocycles. The number of benzene rings is 1. The minimum absolute atomic E-state index is 0.0218. The number of rotatable bonds is 7. The molecule has 0 saturated carbocycles. The lowest BCUT2D eigenvalue weighted by atomic mass is 9.75. The van der Waals surface area contributed by atoms with Gasteiger partial charge >= 0.3 is 0 Å². The van der Waals surface area contributed by atoms with Crippen LogP contribution in [0.3, 0.4) is 0 Å². The van der Waals surface area contributed by atoms with E-state index in [4.69, 9.17) is 9.57 Å². The van der Waals surface area contributed by atoms with Crippen LogP contribution in [-0.2, 0) is 14.4 Å². The lowest BCUT2D eigenvalue weighted by Gasteiger charge is -2.56. The Bertz CT molecular complexity index is 525. The Labute approximate surface area is 146 Å². The van der Waals surface area contributed by atoms with Crippen molar-refractivity contribution in [2.75, 3.05) is 0 Å². The zero-order valence-corrected chi connectivity index (χ0v) is 15.6. The summed E-state index contributed by atoms with van der Waals surface area (Å²) in [5.74, 6) is 0. The lowest BCUT2D eigenvalue weighted by molar-refractivity contribution is -0.323. The highest BCUT2D eigenvalue weighted by Crippen LogP contribution is 2.45. The average Bonchev–Trinajstić information content (AvgIpc) is 2.57. The Morgan fingerprint density at radius 2 is 1.83 bits per heavy atom. The van der Waals surface area contributed by atoms with Crippen molar-refractivity contribution < 1.29 is 14.4 Å². The summed E-state index contributed by atoms with van der Waals surface area (Å²) >= 11 is 0. The van der Waals surface area contributed by atoms with E-state index in [1.807, 2.05) is 18.2 Å². The molecule has 0 aromatic heterocycles. The third kappa shape index (κ3) is 3.81. The van der Waals surface area contributed by atoms with Gasteiger partial charge in [-0.15, -0.1) is 0 Å². The van der Waals surface area contributed by atoms with Crippen LogP contribution in [0, 0.1) is 0 Å². The van der Waals surface area contributed by atoms with Gasteiger partial charge in [-0.1, -0.05) is 44.2 Å². The van der Waals surface area contributed by atoms with Crippen LogP contribution >= 0.6 is 0 Å². The molecule has 2 atom stereocenters. The molecule has 1 aromatic carbocycles. The summed E-state index contributed by atoms with van der Waals surface area (Å²) in [6.07, 6.45) is 3.41. The van der Waals surface area contributed by atoms with E-state index in [2.05, 4.69) is 51.8 Å². The summed E-state index contributed by atoms with van der Waals surface area (Å²) in [6.45, 7) is 11.4. The average molecular weight is 333 g/mol. The molecule has 0 bridgehead atoms. The highest BCUT2D eigenvalue weighted by molar-refractivity contribution is 5.37. The van der Waals surface area contributed by atoms with Gasteiger partial charge < -0.3 is 4.74 Å². The van der Waals surface area contributed by atoms with E-state index in [9.17, 15) is 4.79 Å². The summed E-state index contributed by atoms with van der Waals surface area (Å²) in [5.41, 5.74) is 0.833.